The fourth-order valence-corrected chi connectivity index (χ4v) is 3.25. The number of benzene rings is 1. The van der Waals surface area contributed by atoms with Crippen LogP contribution in [0.15, 0.2) is 27.8 Å². The van der Waals surface area contributed by atoms with Gasteiger partial charge in [0.15, 0.2) is 5.75 Å². The second-order valence-electron chi connectivity index (χ2n) is 5.46. The van der Waals surface area contributed by atoms with Crippen molar-refractivity contribution in [3.05, 3.63) is 50.0 Å². The van der Waals surface area contributed by atoms with E-state index in [2.05, 4.69) is 9.39 Å². The van der Waals surface area contributed by atoms with Crippen molar-refractivity contribution in [2.24, 2.45) is 7.05 Å². The van der Waals surface area contributed by atoms with Gasteiger partial charge in [-0.15, -0.1) is 0 Å². The quantitative estimate of drug-likeness (QED) is 0.510. The van der Waals surface area contributed by atoms with Gasteiger partial charge in [0.05, 0.1) is 18.1 Å². The molecule has 1 unspecified atom stereocenters. The molecule has 0 amide bonds. The Morgan fingerprint density at radius 2 is 1.50 bits per heavy atom. The van der Waals surface area contributed by atoms with Gasteiger partial charge in [0.25, 0.3) is 11.1 Å². The lowest BCUT2D eigenvalue weighted by Crippen LogP contribution is -2.18. The van der Waals surface area contributed by atoms with Gasteiger partial charge in [-0.1, -0.05) is 0 Å². The third-order valence-corrected chi connectivity index (χ3v) is 4.62. The number of nitrogens with zero attached hydrogens (tertiary/aromatic N) is 2. The van der Waals surface area contributed by atoms with Gasteiger partial charge in [0.1, 0.15) is 0 Å². The first-order valence-corrected chi connectivity index (χ1v) is 7.37. The highest BCUT2D eigenvalue weighted by Crippen LogP contribution is 2.36. The predicted molar refractivity (Wildman–Crippen MR) is 92.1 cm³/mol. The highest BCUT2D eigenvalue weighted by atomic mass is 31.0. The lowest BCUT2D eigenvalue weighted by atomic mass is 10.0. The first-order chi connectivity index (χ1) is 10.4. The monoisotopic (exact) mass is 316 g/mol. The average Bonchev–Trinajstić information content (AvgIpc) is 2.48. The topological polar surface area (TPSA) is 53.2 Å². The predicted octanol–water partition coefficient (Wildman–Crippen LogP) is 2.12. The summed E-state index contributed by atoms with van der Waals surface area (Å²) in [5.74, 6) is 0.534. The second-order valence-corrected chi connectivity index (χ2v) is 5.98. The van der Waals surface area contributed by atoms with Crippen LogP contribution >= 0.6 is 9.39 Å². The molecule has 0 spiro atoms. The Morgan fingerprint density at radius 1 is 0.955 bits per heavy atom. The fraction of sp³-hybridized carbons (Fsp3) is 0.250. The maximum absolute atomic E-state index is 12.1. The summed E-state index contributed by atoms with van der Waals surface area (Å²) in [5.41, 5.74) is 2.90. The SMILES string of the molecule is COc1c2c(cc3c(C)cc(=O)n(P)c13)c(C)cc(=O)n2C. The number of fused-ring (bicyclic) bond motifs is 2. The van der Waals surface area contributed by atoms with Gasteiger partial charge in [-0.2, -0.15) is 0 Å². The van der Waals surface area contributed by atoms with Crippen molar-refractivity contribution in [3.8, 4) is 5.75 Å². The van der Waals surface area contributed by atoms with Gasteiger partial charge in [-0.05, 0) is 40.4 Å². The molecule has 3 aromatic rings. The molecule has 2 heterocycles. The molecule has 114 valence electrons. The molecule has 0 saturated heterocycles. The number of methoxy groups -OCH3 is 1. The highest BCUT2D eigenvalue weighted by Gasteiger charge is 2.17. The van der Waals surface area contributed by atoms with E-state index in [1.165, 1.54) is 4.34 Å². The smallest absolute Gasteiger partial charge is 0.254 e. The van der Waals surface area contributed by atoms with Crippen molar-refractivity contribution in [1.82, 2.24) is 8.90 Å². The van der Waals surface area contributed by atoms with Gasteiger partial charge in [-0.3, -0.25) is 13.9 Å². The van der Waals surface area contributed by atoms with Crippen LogP contribution in [0.5, 0.6) is 5.75 Å². The van der Waals surface area contributed by atoms with Crippen molar-refractivity contribution in [2.45, 2.75) is 13.8 Å². The third-order valence-electron chi connectivity index (χ3n) is 4.11. The molecular weight excluding hydrogens is 299 g/mol. The van der Waals surface area contributed by atoms with Crippen LogP contribution in [0, 0.1) is 13.8 Å². The Balaban J connectivity index is 2.78. The van der Waals surface area contributed by atoms with Gasteiger partial charge in [-0.25, -0.2) is 0 Å². The van der Waals surface area contributed by atoms with Crippen molar-refractivity contribution in [2.75, 3.05) is 7.11 Å². The number of ether oxygens (including phenoxy) is 1. The molecule has 1 aromatic carbocycles. The zero-order valence-electron chi connectivity index (χ0n) is 12.9. The molecule has 0 aliphatic rings. The minimum absolute atomic E-state index is 0.104. The maximum Gasteiger partial charge on any atom is 0.254 e. The molecule has 0 fully saturated rings. The molecule has 0 aliphatic heterocycles. The average molecular weight is 316 g/mol. The van der Waals surface area contributed by atoms with E-state index in [1.54, 1.807) is 30.9 Å². The van der Waals surface area contributed by atoms with Crippen LogP contribution in [0.4, 0.5) is 0 Å². The van der Waals surface area contributed by atoms with Crippen molar-refractivity contribution < 1.29 is 4.74 Å². The molecule has 0 N–H and O–H groups in total. The number of aromatic nitrogens is 2. The van der Waals surface area contributed by atoms with E-state index in [1.807, 2.05) is 19.9 Å². The Hall–Kier alpha value is -2.13. The van der Waals surface area contributed by atoms with E-state index in [9.17, 15) is 9.59 Å². The number of pyridine rings is 2. The standard InChI is InChI=1S/C16H17N2O3P/c1-8-5-12(19)17(3)14-10(8)7-11-9(2)6-13(20)18(22)15(11)16(14)21-4/h5-7H,22H2,1-4H3. The molecule has 5 nitrogen and oxygen atoms in total. The summed E-state index contributed by atoms with van der Waals surface area (Å²) in [6.07, 6.45) is 0. The fourth-order valence-electron chi connectivity index (χ4n) is 2.92. The van der Waals surface area contributed by atoms with E-state index >= 15 is 0 Å². The Kier molecular flexibility index (Phi) is 3.33. The lowest BCUT2D eigenvalue weighted by molar-refractivity contribution is 0.421. The molecule has 0 saturated carbocycles. The number of aryl methyl sites for hydroxylation is 3. The van der Waals surface area contributed by atoms with Crippen molar-refractivity contribution in [3.63, 3.8) is 0 Å². The normalized spacial score (nSPS) is 11.3. The van der Waals surface area contributed by atoms with Gasteiger partial charge in [0.2, 0.25) is 0 Å². The summed E-state index contributed by atoms with van der Waals surface area (Å²) in [7, 11) is 5.68. The Morgan fingerprint density at radius 3 is 2.09 bits per heavy atom. The number of hydrogen-bond donors (Lipinski definition) is 0. The maximum atomic E-state index is 12.1. The molecule has 3 rings (SSSR count). The summed E-state index contributed by atoms with van der Waals surface area (Å²) >= 11 is 0. The van der Waals surface area contributed by atoms with Crippen molar-refractivity contribution in [1.29, 1.82) is 0 Å². The first kappa shape index (κ1) is 14.8. The summed E-state index contributed by atoms with van der Waals surface area (Å²) in [6.45, 7) is 3.80. The zero-order chi connectivity index (χ0) is 16.2. The molecule has 6 heteroatoms. The van der Waals surface area contributed by atoms with Gasteiger partial charge in [0, 0.05) is 30.0 Å². The molecule has 0 radical (unpaired) electrons. The van der Waals surface area contributed by atoms with Crippen LogP contribution < -0.4 is 15.9 Å². The molecule has 0 bridgehead atoms. The van der Waals surface area contributed by atoms with Crippen LogP contribution in [0.2, 0.25) is 0 Å². The van der Waals surface area contributed by atoms with Gasteiger partial charge >= 0.3 is 0 Å². The highest BCUT2D eigenvalue weighted by molar-refractivity contribution is 7.14. The first-order valence-electron chi connectivity index (χ1n) is 6.85. The molecule has 1 atom stereocenters. The summed E-state index contributed by atoms with van der Waals surface area (Å²) in [6, 6.07) is 5.22. The Labute approximate surface area is 129 Å². The minimum atomic E-state index is -0.134. The number of rotatable bonds is 1. The third kappa shape index (κ3) is 1.89. The van der Waals surface area contributed by atoms with Crippen LogP contribution in [0.1, 0.15) is 11.1 Å². The lowest BCUT2D eigenvalue weighted by Gasteiger charge is -2.17. The molecular formula is C16H17N2O3P. The zero-order valence-corrected chi connectivity index (χ0v) is 14.1. The Bertz CT molecular complexity index is 968. The van der Waals surface area contributed by atoms with E-state index in [4.69, 9.17) is 4.74 Å². The van der Waals surface area contributed by atoms with E-state index in [0.29, 0.717) is 16.8 Å². The van der Waals surface area contributed by atoms with Crippen LogP contribution in [0.3, 0.4) is 0 Å². The summed E-state index contributed by atoms with van der Waals surface area (Å²) in [4.78, 5) is 24.2. The van der Waals surface area contributed by atoms with Crippen LogP contribution in [0.25, 0.3) is 21.8 Å². The largest absolute Gasteiger partial charge is 0.492 e. The summed E-state index contributed by atoms with van der Waals surface area (Å²) in [5, 5.41) is 1.87. The minimum Gasteiger partial charge on any atom is -0.492 e. The van der Waals surface area contributed by atoms with E-state index in [-0.39, 0.29) is 11.1 Å². The summed E-state index contributed by atoms with van der Waals surface area (Å²) < 4.78 is 8.62. The van der Waals surface area contributed by atoms with Gasteiger partial charge < -0.3 is 9.30 Å². The van der Waals surface area contributed by atoms with E-state index < -0.39 is 0 Å². The second kappa shape index (κ2) is 4.96. The van der Waals surface area contributed by atoms with E-state index in [0.717, 1.165) is 21.9 Å². The van der Waals surface area contributed by atoms with Crippen molar-refractivity contribution >= 4 is 31.2 Å². The molecule has 0 aliphatic carbocycles. The van der Waals surface area contributed by atoms with Crippen LogP contribution in [-0.2, 0) is 7.05 Å². The number of hydrogen-bond acceptors (Lipinski definition) is 3. The molecule has 2 aromatic heterocycles. The molecule has 22 heavy (non-hydrogen) atoms. The van der Waals surface area contributed by atoms with Crippen LogP contribution in [-0.4, -0.2) is 16.0 Å².